The van der Waals surface area contributed by atoms with E-state index in [4.69, 9.17) is 16.3 Å². The van der Waals surface area contributed by atoms with Gasteiger partial charge in [-0.05, 0) is 43.0 Å². The van der Waals surface area contributed by atoms with E-state index >= 15 is 0 Å². The highest BCUT2D eigenvalue weighted by atomic mass is 35.5. The van der Waals surface area contributed by atoms with Crippen molar-refractivity contribution in [3.8, 4) is 0 Å². The molecule has 0 fully saturated rings. The monoisotopic (exact) mass is 269 g/mol. The number of hydrogen-bond donors (Lipinski definition) is 1. The highest BCUT2D eigenvalue weighted by Gasteiger charge is 1.98. The molecular formula is C15H24ClNO. The maximum atomic E-state index is 6.08. The van der Waals surface area contributed by atoms with E-state index in [1.807, 2.05) is 13.0 Å². The number of ether oxygens (including phenoxy) is 1. The summed E-state index contributed by atoms with van der Waals surface area (Å²) in [6.45, 7) is 9.88. The number of aryl methyl sites for hydroxylation is 1. The molecule has 1 aromatic carbocycles. The third-order valence-electron chi connectivity index (χ3n) is 2.66. The zero-order valence-corrected chi connectivity index (χ0v) is 12.4. The van der Waals surface area contributed by atoms with Crippen molar-refractivity contribution in [2.24, 2.45) is 5.92 Å². The van der Waals surface area contributed by atoms with Crippen LogP contribution in [0.1, 0.15) is 31.4 Å². The first-order chi connectivity index (χ1) is 8.59. The Balaban J connectivity index is 2.09. The van der Waals surface area contributed by atoms with Crippen LogP contribution in [0.3, 0.4) is 0 Å². The van der Waals surface area contributed by atoms with Gasteiger partial charge in [-0.1, -0.05) is 37.6 Å². The Morgan fingerprint density at radius 3 is 2.78 bits per heavy atom. The lowest BCUT2D eigenvalue weighted by Crippen LogP contribution is -2.17. The van der Waals surface area contributed by atoms with E-state index in [1.165, 1.54) is 5.56 Å². The largest absolute Gasteiger partial charge is 0.381 e. The molecule has 2 nitrogen and oxygen atoms in total. The van der Waals surface area contributed by atoms with E-state index in [9.17, 15) is 0 Å². The van der Waals surface area contributed by atoms with Crippen LogP contribution in [-0.4, -0.2) is 19.8 Å². The molecule has 0 heterocycles. The lowest BCUT2D eigenvalue weighted by molar-refractivity contribution is 0.108. The molecule has 102 valence electrons. The molecule has 0 aliphatic carbocycles. The average Bonchev–Trinajstić information content (AvgIpc) is 2.32. The Bertz CT molecular complexity index is 352. The molecule has 18 heavy (non-hydrogen) atoms. The normalized spacial score (nSPS) is 11.2. The van der Waals surface area contributed by atoms with Crippen LogP contribution < -0.4 is 5.32 Å². The van der Waals surface area contributed by atoms with E-state index in [1.54, 1.807) is 0 Å². The van der Waals surface area contributed by atoms with Gasteiger partial charge in [0.2, 0.25) is 0 Å². The van der Waals surface area contributed by atoms with Gasteiger partial charge in [0, 0.05) is 24.8 Å². The van der Waals surface area contributed by atoms with E-state index in [0.29, 0.717) is 5.92 Å². The first-order valence-corrected chi connectivity index (χ1v) is 7.01. The summed E-state index contributed by atoms with van der Waals surface area (Å²) >= 11 is 6.08. The van der Waals surface area contributed by atoms with E-state index in [0.717, 1.165) is 43.3 Å². The SMILES string of the molecule is Cc1ccc(CNCCCOCC(C)C)cc1Cl. The van der Waals surface area contributed by atoms with Crippen LogP contribution in [0.5, 0.6) is 0 Å². The number of benzene rings is 1. The van der Waals surface area contributed by atoms with E-state index in [-0.39, 0.29) is 0 Å². The molecule has 1 N–H and O–H groups in total. The van der Waals surface area contributed by atoms with Crippen LogP contribution in [0.2, 0.25) is 5.02 Å². The summed E-state index contributed by atoms with van der Waals surface area (Å²) < 4.78 is 5.52. The van der Waals surface area contributed by atoms with E-state index < -0.39 is 0 Å². The van der Waals surface area contributed by atoms with Crippen molar-refractivity contribution < 1.29 is 4.74 Å². The minimum absolute atomic E-state index is 0.618. The standard InChI is InChI=1S/C15H24ClNO/c1-12(2)11-18-8-4-7-17-10-14-6-5-13(3)15(16)9-14/h5-6,9,12,17H,4,7-8,10-11H2,1-3H3. The maximum Gasteiger partial charge on any atom is 0.0489 e. The van der Waals surface area contributed by atoms with Gasteiger partial charge in [0.1, 0.15) is 0 Å². The van der Waals surface area contributed by atoms with Gasteiger partial charge in [0.25, 0.3) is 0 Å². The summed E-state index contributed by atoms with van der Waals surface area (Å²) in [5.74, 6) is 0.618. The molecule has 0 saturated heterocycles. The molecule has 0 amide bonds. The Kier molecular flexibility index (Phi) is 7.33. The first-order valence-electron chi connectivity index (χ1n) is 6.63. The Labute approximate surface area is 116 Å². The molecule has 1 aromatic rings. The predicted molar refractivity (Wildman–Crippen MR) is 78.2 cm³/mol. The lowest BCUT2D eigenvalue weighted by Gasteiger charge is -2.08. The van der Waals surface area contributed by atoms with Crippen molar-refractivity contribution in [2.45, 2.75) is 33.7 Å². The van der Waals surface area contributed by atoms with Crippen molar-refractivity contribution in [2.75, 3.05) is 19.8 Å². The van der Waals surface area contributed by atoms with Crippen LogP contribution in [0.25, 0.3) is 0 Å². The molecule has 0 aliphatic heterocycles. The van der Waals surface area contributed by atoms with Crippen molar-refractivity contribution in [1.82, 2.24) is 5.32 Å². The summed E-state index contributed by atoms with van der Waals surface area (Å²) in [5.41, 5.74) is 2.36. The molecule has 0 atom stereocenters. The number of nitrogens with one attached hydrogen (secondary N) is 1. The van der Waals surface area contributed by atoms with Crippen molar-refractivity contribution in [3.05, 3.63) is 34.3 Å². The summed E-state index contributed by atoms with van der Waals surface area (Å²) in [5, 5.41) is 4.24. The molecule has 0 bridgehead atoms. The molecule has 0 aromatic heterocycles. The molecule has 0 radical (unpaired) electrons. The first kappa shape index (κ1) is 15.5. The highest BCUT2D eigenvalue weighted by Crippen LogP contribution is 2.16. The lowest BCUT2D eigenvalue weighted by atomic mass is 10.1. The highest BCUT2D eigenvalue weighted by molar-refractivity contribution is 6.31. The molecule has 0 saturated carbocycles. The van der Waals surface area contributed by atoms with Crippen LogP contribution in [0.15, 0.2) is 18.2 Å². The summed E-state index contributed by atoms with van der Waals surface area (Å²) in [6, 6.07) is 6.20. The quantitative estimate of drug-likeness (QED) is 0.725. The number of rotatable bonds is 8. The fourth-order valence-corrected chi connectivity index (χ4v) is 1.80. The summed E-state index contributed by atoms with van der Waals surface area (Å²) in [4.78, 5) is 0. The molecule has 1 rings (SSSR count). The Morgan fingerprint density at radius 1 is 1.33 bits per heavy atom. The van der Waals surface area contributed by atoms with Gasteiger partial charge in [-0.25, -0.2) is 0 Å². The van der Waals surface area contributed by atoms with Gasteiger partial charge in [0.15, 0.2) is 0 Å². The molecule has 0 aliphatic rings. The Morgan fingerprint density at radius 2 is 2.11 bits per heavy atom. The smallest absolute Gasteiger partial charge is 0.0489 e. The number of halogens is 1. The predicted octanol–water partition coefficient (Wildman–Crippen LogP) is 3.80. The Hall–Kier alpha value is -0.570. The fourth-order valence-electron chi connectivity index (χ4n) is 1.60. The van der Waals surface area contributed by atoms with Crippen molar-refractivity contribution >= 4 is 11.6 Å². The third kappa shape index (κ3) is 6.39. The second kappa shape index (κ2) is 8.52. The third-order valence-corrected chi connectivity index (χ3v) is 3.07. The van der Waals surface area contributed by atoms with Crippen LogP contribution in [0.4, 0.5) is 0 Å². The van der Waals surface area contributed by atoms with E-state index in [2.05, 4.69) is 31.3 Å². The molecular weight excluding hydrogens is 246 g/mol. The molecule has 0 unspecified atom stereocenters. The molecule has 3 heteroatoms. The minimum atomic E-state index is 0.618. The fraction of sp³-hybridized carbons (Fsp3) is 0.600. The second-order valence-electron chi connectivity index (χ2n) is 5.08. The zero-order valence-electron chi connectivity index (χ0n) is 11.6. The maximum absolute atomic E-state index is 6.08. The second-order valence-corrected chi connectivity index (χ2v) is 5.49. The molecule has 0 spiro atoms. The zero-order chi connectivity index (χ0) is 13.4. The summed E-state index contributed by atoms with van der Waals surface area (Å²) in [7, 11) is 0. The summed E-state index contributed by atoms with van der Waals surface area (Å²) in [6.07, 6.45) is 1.05. The van der Waals surface area contributed by atoms with Gasteiger partial charge in [-0.15, -0.1) is 0 Å². The van der Waals surface area contributed by atoms with Gasteiger partial charge in [-0.2, -0.15) is 0 Å². The van der Waals surface area contributed by atoms with Crippen molar-refractivity contribution in [1.29, 1.82) is 0 Å². The van der Waals surface area contributed by atoms with Gasteiger partial charge >= 0.3 is 0 Å². The topological polar surface area (TPSA) is 21.3 Å². The van der Waals surface area contributed by atoms with Gasteiger partial charge < -0.3 is 10.1 Å². The van der Waals surface area contributed by atoms with Gasteiger partial charge in [0.05, 0.1) is 0 Å². The van der Waals surface area contributed by atoms with Crippen LogP contribution >= 0.6 is 11.6 Å². The van der Waals surface area contributed by atoms with Crippen LogP contribution in [-0.2, 0) is 11.3 Å². The minimum Gasteiger partial charge on any atom is -0.381 e. The van der Waals surface area contributed by atoms with Crippen LogP contribution in [0, 0.1) is 12.8 Å². The van der Waals surface area contributed by atoms with Gasteiger partial charge in [-0.3, -0.25) is 0 Å². The number of hydrogen-bond acceptors (Lipinski definition) is 2. The average molecular weight is 270 g/mol. The van der Waals surface area contributed by atoms with Crippen molar-refractivity contribution in [3.63, 3.8) is 0 Å².